The predicted molar refractivity (Wildman–Crippen MR) is 74.3 cm³/mol. The van der Waals surface area contributed by atoms with E-state index in [0.717, 1.165) is 24.2 Å². The van der Waals surface area contributed by atoms with E-state index in [9.17, 15) is 13.2 Å². The van der Waals surface area contributed by atoms with E-state index in [1.807, 2.05) is 0 Å². The first kappa shape index (κ1) is 12.7. The molecule has 1 aromatic heterocycles. The Balaban J connectivity index is 1.92. The molecule has 7 nitrogen and oxygen atoms in total. The fourth-order valence-corrected chi connectivity index (χ4v) is 3.06. The van der Waals surface area contributed by atoms with Gasteiger partial charge in [0.25, 0.3) is 15.6 Å². The standard InChI is InChI=1S/C12H12N4O3S/c17-12-4-3-11(14-15-12)16-20(18,19)9-2-1-8-5-6-13-10(8)7-9/h1-4,7,13H,5-6H2,(H,14,16)(H,15,17). The molecule has 0 spiro atoms. The van der Waals surface area contributed by atoms with Crippen LogP contribution in [0, 0.1) is 0 Å². The SMILES string of the molecule is O=c1ccc(NS(=O)(=O)c2ccc3c(c2)NCC3)n[nH]1. The zero-order valence-electron chi connectivity index (χ0n) is 10.4. The quantitative estimate of drug-likeness (QED) is 0.766. The summed E-state index contributed by atoms with van der Waals surface area (Å²) in [5, 5.41) is 8.92. The van der Waals surface area contributed by atoms with Crippen LogP contribution in [0.3, 0.4) is 0 Å². The highest BCUT2D eigenvalue weighted by Gasteiger charge is 2.18. The first-order chi connectivity index (χ1) is 9.54. The van der Waals surface area contributed by atoms with Gasteiger partial charge in [-0.25, -0.2) is 13.5 Å². The Kier molecular flexibility index (Phi) is 2.94. The maximum absolute atomic E-state index is 12.2. The van der Waals surface area contributed by atoms with E-state index in [1.165, 1.54) is 12.1 Å². The summed E-state index contributed by atoms with van der Waals surface area (Å²) < 4.78 is 26.7. The number of hydrogen-bond acceptors (Lipinski definition) is 5. The molecule has 0 unspecified atom stereocenters. The molecule has 3 N–H and O–H groups in total. The fraction of sp³-hybridized carbons (Fsp3) is 0.167. The Morgan fingerprint density at radius 1 is 1.20 bits per heavy atom. The van der Waals surface area contributed by atoms with Gasteiger partial charge in [-0.15, -0.1) is 0 Å². The van der Waals surface area contributed by atoms with Gasteiger partial charge in [0.2, 0.25) is 0 Å². The largest absolute Gasteiger partial charge is 0.384 e. The molecule has 8 heteroatoms. The lowest BCUT2D eigenvalue weighted by atomic mass is 10.2. The zero-order chi connectivity index (χ0) is 14.2. The summed E-state index contributed by atoms with van der Waals surface area (Å²) in [4.78, 5) is 11.0. The molecule has 0 radical (unpaired) electrons. The highest BCUT2D eigenvalue weighted by Crippen LogP contribution is 2.26. The number of aromatic nitrogens is 2. The Hall–Kier alpha value is -2.35. The monoisotopic (exact) mass is 292 g/mol. The second-order valence-corrected chi connectivity index (χ2v) is 6.09. The van der Waals surface area contributed by atoms with Crippen LogP contribution in [-0.2, 0) is 16.4 Å². The fourth-order valence-electron chi connectivity index (χ4n) is 2.04. The van der Waals surface area contributed by atoms with Crippen molar-refractivity contribution >= 4 is 21.5 Å². The Morgan fingerprint density at radius 2 is 2.05 bits per heavy atom. The molecule has 2 aromatic rings. The predicted octanol–water partition coefficient (Wildman–Crippen LogP) is 0.539. The van der Waals surface area contributed by atoms with Crippen molar-refractivity contribution in [3.05, 3.63) is 46.2 Å². The maximum Gasteiger partial charge on any atom is 0.264 e. The summed E-state index contributed by atoms with van der Waals surface area (Å²) in [7, 11) is -3.72. The smallest absolute Gasteiger partial charge is 0.264 e. The number of nitrogens with one attached hydrogen (secondary N) is 3. The molecule has 3 rings (SSSR count). The van der Waals surface area contributed by atoms with Crippen molar-refractivity contribution in [1.29, 1.82) is 0 Å². The first-order valence-corrected chi connectivity index (χ1v) is 7.48. The molecule has 1 aromatic carbocycles. The van der Waals surface area contributed by atoms with E-state index >= 15 is 0 Å². The number of sulfonamides is 1. The lowest BCUT2D eigenvalue weighted by Gasteiger charge is -2.08. The summed E-state index contributed by atoms with van der Waals surface area (Å²) in [6.45, 7) is 0.813. The lowest BCUT2D eigenvalue weighted by molar-refractivity contribution is 0.601. The number of nitrogens with zero attached hydrogens (tertiary/aromatic N) is 1. The van der Waals surface area contributed by atoms with Gasteiger partial charge in [0.1, 0.15) is 0 Å². The summed E-state index contributed by atoms with van der Waals surface area (Å²) in [6.07, 6.45) is 0.893. The summed E-state index contributed by atoms with van der Waals surface area (Å²) in [6, 6.07) is 7.46. The first-order valence-electron chi connectivity index (χ1n) is 6.00. The third-order valence-electron chi connectivity index (χ3n) is 3.02. The molecule has 0 bridgehead atoms. The number of hydrogen-bond donors (Lipinski definition) is 3. The van der Waals surface area contributed by atoms with E-state index in [0.29, 0.717) is 0 Å². The minimum absolute atomic E-state index is 0.0676. The minimum atomic E-state index is -3.72. The molecule has 0 saturated carbocycles. The van der Waals surface area contributed by atoms with Crippen molar-refractivity contribution in [3.8, 4) is 0 Å². The lowest BCUT2D eigenvalue weighted by Crippen LogP contribution is -2.16. The van der Waals surface area contributed by atoms with Crippen molar-refractivity contribution in [1.82, 2.24) is 10.2 Å². The molecule has 0 aliphatic carbocycles. The van der Waals surface area contributed by atoms with Gasteiger partial charge in [-0.1, -0.05) is 6.07 Å². The number of fused-ring (bicyclic) bond motifs is 1. The zero-order valence-corrected chi connectivity index (χ0v) is 11.2. The normalized spacial score (nSPS) is 13.6. The third kappa shape index (κ3) is 2.37. The van der Waals surface area contributed by atoms with E-state index in [2.05, 4.69) is 20.2 Å². The van der Waals surface area contributed by atoms with Gasteiger partial charge in [0.15, 0.2) is 5.82 Å². The molecule has 2 heterocycles. The Bertz CT molecular complexity index is 793. The van der Waals surface area contributed by atoms with Crippen molar-refractivity contribution in [2.75, 3.05) is 16.6 Å². The second kappa shape index (κ2) is 4.64. The molecule has 1 aliphatic rings. The van der Waals surface area contributed by atoms with Crippen molar-refractivity contribution < 1.29 is 8.42 Å². The Labute approximate surface area is 115 Å². The molecule has 0 fully saturated rings. The van der Waals surface area contributed by atoms with Gasteiger partial charge in [-0.05, 0) is 30.2 Å². The van der Waals surface area contributed by atoms with Crippen LogP contribution in [0.1, 0.15) is 5.56 Å². The summed E-state index contributed by atoms with van der Waals surface area (Å²) >= 11 is 0. The van der Waals surface area contributed by atoms with Gasteiger partial charge in [0.05, 0.1) is 4.90 Å². The molecular weight excluding hydrogens is 280 g/mol. The van der Waals surface area contributed by atoms with Crippen LogP contribution in [0.4, 0.5) is 11.5 Å². The van der Waals surface area contributed by atoms with Crippen LogP contribution in [-0.4, -0.2) is 25.2 Å². The second-order valence-electron chi connectivity index (χ2n) is 4.41. The topological polar surface area (TPSA) is 104 Å². The molecule has 0 saturated heterocycles. The van der Waals surface area contributed by atoms with Crippen LogP contribution in [0.5, 0.6) is 0 Å². The summed E-state index contributed by atoms with van der Waals surface area (Å²) in [5.74, 6) is 0.0676. The van der Waals surface area contributed by atoms with Crippen LogP contribution in [0.25, 0.3) is 0 Å². The molecule has 104 valence electrons. The molecule has 0 amide bonds. The maximum atomic E-state index is 12.2. The van der Waals surface area contributed by atoms with Crippen LogP contribution >= 0.6 is 0 Å². The number of rotatable bonds is 3. The number of benzene rings is 1. The molecule has 0 atom stereocenters. The van der Waals surface area contributed by atoms with E-state index in [4.69, 9.17) is 0 Å². The van der Waals surface area contributed by atoms with E-state index in [-0.39, 0.29) is 10.7 Å². The van der Waals surface area contributed by atoms with Crippen molar-refractivity contribution in [2.24, 2.45) is 0 Å². The number of aromatic amines is 1. The average Bonchev–Trinajstić information content (AvgIpc) is 2.88. The molecular formula is C12H12N4O3S. The van der Waals surface area contributed by atoms with Crippen LogP contribution in [0.15, 0.2) is 40.0 Å². The number of anilines is 2. The Morgan fingerprint density at radius 3 is 2.80 bits per heavy atom. The summed E-state index contributed by atoms with van der Waals surface area (Å²) in [5.41, 5.74) is 1.54. The van der Waals surface area contributed by atoms with Gasteiger partial charge in [-0.2, -0.15) is 5.10 Å². The molecule has 20 heavy (non-hydrogen) atoms. The molecule has 1 aliphatic heterocycles. The highest BCUT2D eigenvalue weighted by atomic mass is 32.2. The van der Waals surface area contributed by atoms with E-state index < -0.39 is 15.6 Å². The number of H-pyrrole nitrogens is 1. The van der Waals surface area contributed by atoms with Gasteiger partial charge in [-0.3, -0.25) is 9.52 Å². The van der Waals surface area contributed by atoms with Crippen LogP contribution in [0.2, 0.25) is 0 Å². The van der Waals surface area contributed by atoms with E-state index in [1.54, 1.807) is 18.2 Å². The highest BCUT2D eigenvalue weighted by molar-refractivity contribution is 7.92. The van der Waals surface area contributed by atoms with Gasteiger partial charge >= 0.3 is 0 Å². The third-order valence-corrected chi connectivity index (χ3v) is 4.37. The average molecular weight is 292 g/mol. The minimum Gasteiger partial charge on any atom is -0.384 e. The van der Waals surface area contributed by atoms with Gasteiger partial charge in [0, 0.05) is 18.3 Å². The van der Waals surface area contributed by atoms with Crippen molar-refractivity contribution in [3.63, 3.8) is 0 Å². The van der Waals surface area contributed by atoms with Crippen molar-refractivity contribution in [2.45, 2.75) is 11.3 Å². The van der Waals surface area contributed by atoms with Gasteiger partial charge < -0.3 is 5.32 Å². The van der Waals surface area contributed by atoms with Crippen LogP contribution < -0.4 is 15.6 Å².